The van der Waals surface area contributed by atoms with Crippen LogP contribution in [0.2, 0.25) is 0 Å². The number of carbonyl (C=O) groups excluding carboxylic acids is 1. The van der Waals surface area contributed by atoms with Gasteiger partial charge in [-0.1, -0.05) is 0 Å². The van der Waals surface area contributed by atoms with Crippen LogP contribution in [0.5, 0.6) is 0 Å². The Morgan fingerprint density at radius 1 is 1.35 bits per heavy atom. The van der Waals surface area contributed by atoms with Crippen LogP contribution in [0.25, 0.3) is 0 Å². The van der Waals surface area contributed by atoms with E-state index >= 15 is 0 Å². The molecule has 2 aliphatic rings. The van der Waals surface area contributed by atoms with Crippen molar-refractivity contribution in [3.8, 4) is 0 Å². The highest BCUT2D eigenvalue weighted by molar-refractivity contribution is 5.69. The van der Waals surface area contributed by atoms with E-state index in [0.29, 0.717) is 12.1 Å². The third kappa shape index (κ3) is 5.29. The molecule has 5 heteroatoms. The van der Waals surface area contributed by atoms with Gasteiger partial charge in [0, 0.05) is 25.2 Å². The lowest BCUT2D eigenvalue weighted by atomic mass is 10.2. The van der Waals surface area contributed by atoms with E-state index in [-0.39, 0.29) is 6.09 Å². The molecule has 20 heavy (non-hydrogen) atoms. The summed E-state index contributed by atoms with van der Waals surface area (Å²) in [5.74, 6) is 0. The van der Waals surface area contributed by atoms with Gasteiger partial charge in [0.15, 0.2) is 0 Å². The minimum absolute atomic E-state index is 0.163. The van der Waals surface area contributed by atoms with E-state index in [9.17, 15) is 4.79 Å². The first kappa shape index (κ1) is 15.6. The molecule has 0 bridgehead atoms. The van der Waals surface area contributed by atoms with E-state index in [1.54, 1.807) is 0 Å². The van der Waals surface area contributed by atoms with Crippen molar-refractivity contribution in [3.05, 3.63) is 0 Å². The lowest BCUT2D eigenvalue weighted by Crippen LogP contribution is -2.40. The first-order chi connectivity index (χ1) is 9.46. The molecule has 0 aromatic rings. The van der Waals surface area contributed by atoms with E-state index in [0.717, 1.165) is 52.0 Å². The SMILES string of the molecule is CC(C)(C)OC(=O)N(CCCNC1CCOC1)C1CC1. The van der Waals surface area contributed by atoms with Gasteiger partial charge in [-0.2, -0.15) is 0 Å². The van der Waals surface area contributed by atoms with Crippen molar-refractivity contribution in [1.29, 1.82) is 0 Å². The summed E-state index contributed by atoms with van der Waals surface area (Å²) >= 11 is 0. The van der Waals surface area contributed by atoms with Crippen LogP contribution >= 0.6 is 0 Å². The molecule has 0 aromatic carbocycles. The molecule has 1 aliphatic heterocycles. The lowest BCUT2D eigenvalue weighted by molar-refractivity contribution is 0.0231. The fraction of sp³-hybridized carbons (Fsp3) is 0.933. The summed E-state index contributed by atoms with van der Waals surface area (Å²) < 4.78 is 10.8. The number of nitrogens with one attached hydrogen (secondary N) is 1. The minimum atomic E-state index is -0.413. The fourth-order valence-electron chi connectivity index (χ4n) is 2.38. The van der Waals surface area contributed by atoms with Gasteiger partial charge < -0.3 is 19.7 Å². The topological polar surface area (TPSA) is 50.8 Å². The molecule has 0 radical (unpaired) electrons. The summed E-state index contributed by atoms with van der Waals surface area (Å²) in [5.41, 5.74) is -0.413. The monoisotopic (exact) mass is 284 g/mol. The predicted molar refractivity (Wildman–Crippen MR) is 77.8 cm³/mol. The van der Waals surface area contributed by atoms with Crippen LogP contribution < -0.4 is 5.32 Å². The highest BCUT2D eigenvalue weighted by Crippen LogP contribution is 2.28. The molecule has 1 heterocycles. The summed E-state index contributed by atoms with van der Waals surface area (Å²) in [4.78, 5) is 14.1. The molecule has 2 rings (SSSR count). The highest BCUT2D eigenvalue weighted by atomic mass is 16.6. The first-order valence-electron chi connectivity index (χ1n) is 7.76. The quantitative estimate of drug-likeness (QED) is 0.759. The Morgan fingerprint density at radius 2 is 2.10 bits per heavy atom. The smallest absolute Gasteiger partial charge is 0.410 e. The Hall–Kier alpha value is -0.810. The van der Waals surface area contributed by atoms with Crippen molar-refractivity contribution in [2.24, 2.45) is 0 Å². The van der Waals surface area contributed by atoms with Crippen LogP contribution in [0, 0.1) is 0 Å². The summed E-state index contributed by atoms with van der Waals surface area (Å²) in [6.07, 6.45) is 4.13. The van der Waals surface area contributed by atoms with E-state index in [1.807, 2.05) is 25.7 Å². The summed E-state index contributed by atoms with van der Waals surface area (Å²) in [6.45, 7) is 9.13. The van der Waals surface area contributed by atoms with E-state index in [1.165, 1.54) is 0 Å². The molecule has 1 N–H and O–H groups in total. The lowest BCUT2D eigenvalue weighted by Gasteiger charge is -2.27. The first-order valence-corrected chi connectivity index (χ1v) is 7.76. The molecule has 116 valence electrons. The van der Waals surface area contributed by atoms with Crippen molar-refractivity contribution in [3.63, 3.8) is 0 Å². The zero-order chi connectivity index (χ0) is 14.6. The Balaban J connectivity index is 1.68. The van der Waals surface area contributed by atoms with Gasteiger partial charge in [-0.05, 0) is 53.0 Å². The molecule has 1 unspecified atom stereocenters. The van der Waals surface area contributed by atoms with Crippen molar-refractivity contribution < 1.29 is 14.3 Å². The normalized spacial score (nSPS) is 22.9. The van der Waals surface area contributed by atoms with E-state index in [4.69, 9.17) is 9.47 Å². The molecule has 1 atom stereocenters. The van der Waals surface area contributed by atoms with Gasteiger partial charge in [0.05, 0.1) is 6.61 Å². The number of ether oxygens (including phenoxy) is 2. The zero-order valence-electron chi connectivity index (χ0n) is 13.0. The molecule has 0 spiro atoms. The summed E-state index contributed by atoms with van der Waals surface area (Å²) in [5, 5.41) is 3.48. The highest BCUT2D eigenvalue weighted by Gasteiger charge is 2.34. The second kappa shape index (κ2) is 6.76. The maximum Gasteiger partial charge on any atom is 0.410 e. The molecule has 1 saturated carbocycles. The molecule has 1 amide bonds. The molecular weight excluding hydrogens is 256 g/mol. The third-order valence-corrected chi connectivity index (χ3v) is 3.55. The number of hydrogen-bond acceptors (Lipinski definition) is 4. The number of carbonyl (C=O) groups is 1. The second-order valence-corrected chi connectivity index (χ2v) is 6.77. The maximum absolute atomic E-state index is 12.2. The van der Waals surface area contributed by atoms with Gasteiger partial charge in [-0.15, -0.1) is 0 Å². The Kier molecular flexibility index (Phi) is 5.27. The molecule has 0 aromatic heterocycles. The summed E-state index contributed by atoms with van der Waals surface area (Å²) in [7, 11) is 0. The van der Waals surface area contributed by atoms with Crippen LogP contribution in [0.15, 0.2) is 0 Å². The van der Waals surface area contributed by atoms with Crippen LogP contribution in [-0.2, 0) is 9.47 Å². The summed E-state index contributed by atoms with van der Waals surface area (Å²) in [6, 6.07) is 0.894. The molecular formula is C15H28N2O3. The number of rotatable bonds is 6. The number of hydrogen-bond donors (Lipinski definition) is 1. The maximum atomic E-state index is 12.2. The van der Waals surface area contributed by atoms with Crippen molar-refractivity contribution in [2.75, 3.05) is 26.3 Å². The molecule has 1 saturated heterocycles. The number of nitrogens with zero attached hydrogens (tertiary/aromatic N) is 1. The van der Waals surface area contributed by atoms with Gasteiger partial charge in [0.2, 0.25) is 0 Å². The predicted octanol–water partition coefficient (Wildman–Crippen LogP) is 2.15. The Morgan fingerprint density at radius 3 is 2.65 bits per heavy atom. The zero-order valence-corrected chi connectivity index (χ0v) is 13.0. The van der Waals surface area contributed by atoms with Crippen molar-refractivity contribution >= 4 is 6.09 Å². The standard InChI is InChI=1S/C15H28N2O3/c1-15(2,3)20-14(18)17(13-5-6-13)9-4-8-16-12-7-10-19-11-12/h12-13,16H,4-11H2,1-3H3. The largest absolute Gasteiger partial charge is 0.444 e. The Labute approximate surface area is 122 Å². The molecule has 1 aliphatic carbocycles. The van der Waals surface area contributed by atoms with Crippen LogP contribution in [-0.4, -0.2) is 55.0 Å². The van der Waals surface area contributed by atoms with Crippen LogP contribution in [0.3, 0.4) is 0 Å². The van der Waals surface area contributed by atoms with E-state index < -0.39 is 5.60 Å². The van der Waals surface area contributed by atoms with Gasteiger partial charge in [-0.3, -0.25) is 0 Å². The van der Waals surface area contributed by atoms with Gasteiger partial charge in [0.25, 0.3) is 0 Å². The average Bonchev–Trinajstić information content (AvgIpc) is 3.03. The Bertz CT molecular complexity index is 318. The third-order valence-electron chi connectivity index (χ3n) is 3.55. The van der Waals surface area contributed by atoms with Crippen molar-refractivity contribution in [1.82, 2.24) is 10.2 Å². The second-order valence-electron chi connectivity index (χ2n) is 6.77. The molecule has 5 nitrogen and oxygen atoms in total. The van der Waals surface area contributed by atoms with Gasteiger partial charge >= 0.3 is 6.09 Å². The van der Waals surface area contributed by atoms with Gasteiger partial charge in [-0.25, -0.2) is 4.79 Å². The average molecular weight is 284 g/mol. The fourth-order valence-corrected chi connectivity index (χ4v) is 2.38. The minimum Gasteiger partial charge on any atom is -0.444 e. The van der Waals surface area contributed by atoms with E-state index in [2.05, 4.69) is 5.32 Å². The van der Waals surface area contributed by atoms with Crippen LogP contribution in [0.1, 0.15) is 46.5 Å². The molecule has 2 fully saturated rings. The number of amides is 1. The van der Waals surface area contributed by atoms with Crippen molar-refractivity contribution in [2.45, 2.75) is 64.1 Å². The van der Waals surface area contributed by atoms with Gasteiger partial charge in [0.1, 0.15) is 5.60 Å². The van der Waals surface area contributed by atoms with Crippen LogP contribution in [0.4, 0.5) is 4.79 Å².